The zero-order valence-electron chi connectivity index (χ0n) is 11.6. The molecule has 1 atom stereocenters. The van der Waals surface area contributed by atoms with E-state index in [0.717, 1.165) is 42.6 Å². The minimum Gasteiger partial charge on any atom is -0.493 e. The molecule has 1 N–H and O–H groups in total. The number of benzene rings is 1. The van der Waals surface area contributed by atoms with Gasteiger partial charge in [0.2, 0.25) is 0 Å². The first-order valence-electron chi connectivity index (χ1n) is 7.12. The monoisotopic (exact) mass is 429 g/mol. The molecule has 0 saturated heterocycles. The van der Waals surface area contributed by atoms with E-state index in [2.05, 4.69) is 67.5 Å². The number of fused-ring (bicyclic) bond motifs is 1. The minimum atomic E-state index is 0.388. The summed E-state index contributed by atoms with van der Waals surface area (Å²) in [6.07, 6.45) is 3.29. The van der Waals surface area contributed by atoms with Crippen LogP contribution in [0.1, 0.15) is 29.3 Å². The highest BCUT2D eigenvalue weighted by atomic mass is 79.9. The first-order chi connectivity index (χ1) is 10.2. The van der Waals surface area contributed by atoms with E-state index in [0.29, 0.717) is 6.04 Å². The van der Waals surface area contributed by atoms with Crippen LogP contribution in [0.25, 0.3) is 0 Å². The van der Waals surface area contributed by atoms with Crippen molar-refractivity contribution in [2.24, 2.45) is 0 Å². The van der Waals surface area contributed by atoms with E-state index >= 15 is 0 Å². The second-order valence-electron chi connectivity index (χ2n) is 5.14. The Morgan fingerprint density at radius 3 is 2.95 bits per heavy atom. The van der Waals surface area contributed by atoms with E-state index in [1.165, 1.54) is 14.2 Å². The Morgan fingerprint density at radius 1 is 1.24 bits per heavy atom. The zero-order chi connectivity index (χ0) is 14.7. The van der Waals surface area contributed by atoms with E-state index in [-0.39, 0.29) is 0 Å². The van der Waals surface area contributed by atoms with Crippen molar-refractivity contribution in [3.63, 3.8) is 0 Å². The van der Waals surface area contributed by atoms with Crippen molar-refractivity contribution in [1.29, 1.82) is 0 Å². The Hall–Kier alpha value is -0.360. The summed E-state index contributed by atoms with van der Waals surface area (Å²) >= 11 is 8.85. The molecule has 0 fully saturated rings. The molecule has 0 amide bonds. The molecule has 0 radical (unpaired) electrons. The number of ether oxygens (including phenoxy) is 1. The summed E-state index contributed by atoms with van der Waals surface area (Å²) in [5.74, 6) is 1.01. The Kier molecular flexibility index (Phi) is 5.38. The summed E-state index contributed by atoms with van der Waals surface area (Å²) in [6.45, 7) is 1.80. The highest BCUT2D eigenvalue weighted by Gasteiger charge is 2.19. The molecular weight excluding hydrogens is 414 g/mol. The summed E-state index contributed by atoms with van der Waals surface area (Å²) < 4.78 is 8.13. The summed E-state index contributed by atoms with van der Waals surface area (Å²) in [5, 5.41) is 3.69. The standard InChI is InChI=1S/C16H17Br2NOS/c17-11-3-5-13-14(2-1-9-20-15(13)10-11)19-8-7-12-4-6-16(18)21-12/h3-6,10,14,19H,1-2,7-9H2. The summed E-state index contributed by atoms with van der Waals surface area (Å²) in [5.41, 5.74) is 1.28. The highest BCUT2D eigenvalue weighted by molar-refractivity contribution is 9.11. The SMILES string of the molecule is Brc1ccc2c(c1)OCCCC2NCCc1ccc(Br)s1. The number of hydrogen-bond donors (Lipinski definition) is 1. The smallest absolute Gasteiger partial charge is 0.125 e. The van der Waals surface area contributed by atoms with Gasteiger partial charge in [-0.1, -0.05) is 22.0 Å². The van der Waals surface area contributed by atoms with Crippen molar-refractivity contribution >= 4 is 43.2 Å². The van der Waals surface area contributed by atoms with Crippen molar-refractivity contribution in [1.82, 2.24) is 5.32 Å². The average Bonchev–Trinajstić information content (AvgIpc) is 2.77. The van der Waals surface area contributed by atoms with Crippen molar-refractivity contribution < 1.29 is 4.74 Å². The molecule has 1 aliphatic heterocycles. The number of hydrogen-bond acceptors (Lipinski definition) is 3. The maximum absolute atomic E-state index is 5.85. The zero-order valence-corrected chi connectivity index (χ0v) is 15.6. The Balaban J connectivity index is 1.65. The van der Waals surface area contributed by atoms with Gasteiger partial charge in [-0.25, -0.2) is 0 Å². The van der Waals surface area contributed by atoms with Crippen LogP contribution in [-0.4, -0.2) is 13.2 Å². The van der Waals surface area contributed by atoms with Crippen molar-refractivity contribution in [2.75, 3.05) is 13.2 Å². The Bertz CT molecular complexity index is 614. The molecule has 3 rings (SSSR count). The fourth-order valence-corrected chi connectivity index (χ4v) is 4.44. The van der Waals surface area contributed by atoms with Gasteiger partial charge >= 0.3 is 0 Å². The normalized spacial score (nSPS) is 17.9. The molecule has 5 heteroatoms. The fraction of sp³-hybridized carbons (Fsp3) is 0.375. The fourth-order valence-electron chi connectivity index (χ4n) is 2.61. The van der Waals surface area contributed by atoms with Gasteiger partial charge in [-0.15, -0.1) is 11.3 Å². The third kappa shape index (κ3) is 4.09. The molecule has 0 aliphatic carbocycles. The maximum Gasteiger partial charge on any atom is 0.125 e. The highest BCUT2D eigenvalue weighted by Crippen LogP contribution is 2.33. The van der Waals surface area contributed by atoms with Crippen molar-refractivity contribution in [3.8, 4) is 5.75 Å². The number of thiophene rings is 1. The first kappa shape index (κ1) is 15.5. The summed E-state index contributed by atoms with van der Waals surface area (Å²) in [4.78, 5) is 1.41. The van der Waals surface area contributed by atoms with Gasteiger partial charge < -0.3 is 10.1 Å². The predicted molar refractivity (Wildman–Crippen MR) is 95.3 cm³/mol. The topological polar surface area (TPSA) is 21.3 Å². The van der Waals surface area contributed by atoms with Gasteiger partial charge in [0.15, 0.2) is 0 Å². The first-order valence-corrected chi connectivity index (χ1v) is 9.52. The number of halogens is 2. The van der Waals surface area contributed by atoms with E-state index in [1.807, 2.05) is 11.3 Å². The van der Waals surface area contributed by atoms with E-state index in [4.69, 9.17) is 4.74 Å². The third-order valence-electron chi connectivity index (χ3n) is 3.64. The van der Waals surface area contributed by atoms with Crippen LogP contribution in [0.2, 0.25) is 0 Å². The lowest BCUT2D eigenvalue weighted by molar-refractivity contribution is 0.315. The lowest BCUT2D eigenvalue weighted by Crippen LogP contribution is -2.23. The van der Waals surface area contributed by atoms with E-state index < -0.39 is 0 Å². The van der Waals surface area contributed by atoms with Crippen molar-refractivity contribution in [2.45, 2.75) is 25.3 Å². The molecule has 1 aromatic carbocycles. The molecule has 0 bridgehead atoms. The molecule has 112 valence electrons. The predicted octanol–water partition coefficient (Wildman–Crippen LogP) is 5.32. The molecule has 2 heterocycles. The van der Waals surface area contributed by atoms with E-state index in [1.54, 1.807) is 0 Å². The second kappa shape index (κ2) is 7.27. The summed E-state index contributed by atoms with van der Waals surface area (Å²) in [7, 11) is 0. The molecule has 2 aromatic rings. The lowest BCUT2D eigenvalue weighted by atomic mass is 10.0. The Labute approximate surface area is 146 Å². The molecule has 2 nitrogen and oxygen atoms in total. The summed E-state index contributed by atoms with van der Waals surface area (Å²) in [6, 6.07) is 11.0. The van der Waals surface area contributed by atoms with Crippen LogP contribution >= 0.6 is 43.2 Å². The van der Waals surface area contributed by atoms with Crippen LogP contribution in [0.4, 0.5) is 0 Å². The van der Waals surface area contributed by atoms with Gasteiger partial charge in [0.05, 0.1) is 10.4 Å². The van der Waals surface area contributed by atoms with Crippen LogP contribution < -0.4 is 10.1 Å². The average molecular weight is 431 g/mol. The van der Waals surface area contributed by atoms with Crippen molar-refractivity contribution in [3.05, 3.63) is 49.0 Å². The van der Waals surface area contributed by atoms with Gasteiger partial charge in [-0.3, -0.25) is 0 Å². The Morgan fingerprint density at radius 2 is 2.14 bits per heavy atom. The van der Waals surface area contributed by atoms with Crippen LogP contribution in [0.5, 0.6) is 5.75 Å². The van der Waals surface area contributed by atoms with Crippen LogP contribution in [0.3, 0.4) is 0 Å². The van der Waals surface area contributed by atoms with Gasteiger partial charge in [0.1, 0.15) is 5.75 Å². The number of nitrogens with one attached hydrogen (secondary N) is 1. The van der Waals surface area contributed by atoms with Crippen LogP contribution in [0.15, 0.2) is 38.6 Å². The quantitative estimate of drug-likeness (QED) is 0.708. The second-order valence-corrected chi connectivity index (χ2v) is 8.60. The molecule has 21 heavy (non-hydrogen) atoms. The van der Waals surface area contributed by atoms with Gasteiger partial charge in [-0.2, -0.15) is 0 Å². The molecule has 1 unspecified atom stereocenters. The lowest BCUT2D eigenvalue weighted by Gasteiger charge is -2.18. The number of rotatable bonds is 4. The minimum absolute atomic E-state index is 0.388. The van der Waals surface area contributed by atoms with Crippen LogP contribution in [0, 0.1) is 0 Å². The van der Waals surface area contributed by atoms with Gasteiger partial charge in [0.25, 0.3) is 0 Å². The van der Waals surface area contributed by atoms with E-state index in [9.17, 15) is 0 Å². The van der Waals surface area contributed by atoms with Crippen LogP contribution in [-0.2, 0) is 6.42 Å². The van der Waals surface area contributed by atoms with Gasteiger partial charge in [0, 0.05) is 27.5 Å². The van der Waals surface area contributed by atoms with Gasteiger partial charge in [-0.05, 0) is 59.5 Å². The third-order valence-corrected chi connectivity index (χ3v) is 5.81. The maximum atomic E-state index is 5.85. The molecule has 0 saturated carbocycles. The molecular formula is C16H17Br2NOS. The molecule has 1 aromatic heterocycles. The largest absolute Gasteiger partial charge is 0.493 e. The molecule has 0 spiro atoms. The molecule has 1 aliphatic rings.